The molecule has 2 aliphatic heterocycles. The number of nitrogens with one attached hydrogen (secondary N) is 1. The van der Waals surface area contributed by atoms with E-state index in [9.17, 15) is 9.59 Å². The van der Waals surface area contributed by atoms with Gasteiger partial charge in [-0.15, -0.1) is 11.3 Å². The van der Waals surface area contributed by atoms with Crippen LogP contribution in [0.3, 0.4) is 0 Å². The highest BCUT2D eigenvalue weighted by atomic mass is 32.1. The smallest absolute Gasteiger partial charge is 0.278 e. The molecule has 156 valence electrons. The number of benzene rings is 1. The quantitative estimate of drug-likeness (QED) is 0.596. The molecular formula is C24H22N4O2S. The molecule has 2 amide bonds. The van der Waals surface area contributed by atoms with Gasteiger partial charge in [-0.25, -0.2) is 0 Å². The van der Waals surface area contributed by atoms with E-state index < -0.39 is 0 Å². The third kappa shape index (κ3) is 3.84. The van der Waals surface area contributed by atoms with Crippen molar-refractivity contribution < 1.29 is 9.59 Å². The molecule has 0 saturated carbocycles. The largest absolute Gasteiger partial charge is 0.372 e. The molecule has 0 bridgehead atoms. The van der Waals surface area contributed by atoms with Gasteiger partial charge in [-0.1, -0.05) is 12.1 Å². The Labute approximate surface area is 184 Å². The Balaban J connectivity index is 1.43. The highest BCUT2D eigenvalue weighted by molar-refractivity contribution is 7.11. The predicted molar refractivity (Wildman–Crippen MR) is 123 cm³/mol. The zero-order valence-corrected chi connectivity index (χ0v) is 17.8. The molecule has 5 rings (SSSR count). The van der Waals surface area contributed by atoms with Crippen LogP contribution >= 0.6 is 11.3 Å². The number of thiophene rings is 1. The van der Waals surface area contributed by atoms with Crippen LogP contribution in [-0.4, -0.2) is 34.8 Å². The predicted octanol–water partition coefficient (Wildman–Crippen LogP) is 4.14. The summed E-state index contributed by atoms with van der Waals surface area (Å²) in [6.45, 7) is 2.35. The maximum atomic E-state index is 13.3. The molecule has 0 radical (unpaired) electrons. The highest BCUT2D eigenvalue weighted by Gasteiger charge is 2.39. The van der Waals surface area contributed by atoms with Crippen molar-refractivity contribution in [3.63, 3.8) is 0 Å². The number of anilines is 2. The number of imide groups is 1. The first-order valence-electron chi connectivity index (χ1n) is 10.4. The van der Waals surface area contributed by atoms with Crippen molar-refractivity contribution in [2.45, 2.75) is 19.4 Å². The normalized spacial score (nSPS) is 16.5. The standard InChI is InChI=1S/C24H22N4O2S/c29-23-21(20-6-4-14-31-20)22(24(30)28(23)16-17-5-3-11-25-15-17)26-18-7-9-19(10-8-18)27-12-1-2-13-27/h3-11,14-15,26H,1-2,12-13,16H2. The van der Waals surface area contributed by atoms with Crippen molar-refractivity contribution in [3.8, 4) is 0 Å². The summed E-state index contributed by atoms with van der Waals surface area (Å²) in [5.41, 5.74) is 3.53. The minimum absolute atomic E-state index is 0.194. The lowest BCUT2D eigenvalue weighted by molar-refractivity contribution is -0.137. The summed E-state index contributed by atoms with van der Waals surface area (Å²) >= 11 is 1.45. The van der Waals surface area contributed by atoms with Crippen molar-refractivity contribution in [2.75, 3.05) is 23.3 Å². The number of pyridine rings is 1. The van der Waals surface area contributed by atoms with Crippen LogP contribution in [0.2, 0.25) is 0 Å². The van der Waals surface area contributed by atoms with Crippen molar-refractivity contribution >= 4 is 40.1 Å². The summed E-state index contributed by atoms with van der Waals surface area (Å²) < 4.78 is 0. The molecule has 0 spiro atoms. The van der Waals surface area contributed by atoms with E-state index in [0.717, 1.165) is 29.2 Å². The van der Waals surface area contributed by atoms with E-state index in [1.807, 2.05) is 35.7 Å². The molecule has 2 aromatic heterocycles. The van der Waals surface area contributed by atoms with E-state index in [0.29, 0.717) is 11.3 Å². The molecule has 4 heterocycles. The van der Waals surface area contributed by atoms with Crippen molar-refractivity contribution in [1.82, 2.24) is 9.88 Å². The van der Waals surface area contributed by atoms with Gasteiger partial charge in [0.2, 0.25) is 0 Å². The lowest BCUT2D eigenvalue weighted by Gasteiger charge is -2.18. The first-order chi connectivity index (χ1) is 15.2. The van der Waals surface area contributed by atoms with Crippen LogP contribution in [0.4, 0.5) is 11.4 Å². The summed E-state index contributed by atoms with van der Waals surface area (Å²) in [4.78, 5) is 35.0. The van der Waals surface area contributed by atoms with Gasteiger partial charge in [-0.2, -0.15) is 0 Å². The number of carbonyl (C=O) groups is 2. The van der Waals surface area contributed by atoms with Gasteiger partial charge < -0.3 is 10.2 Å². The van der Waals surface area contributed by atoms with E-state index in [1.54, 1.807) is 18.5 Å². The summed E-state index contributed by atoms with van der Waals surface area (Å²) in [5, 5.41) is 5.14. The van der Waals surface area contributed by atoms with Crippen molar-refractivity contribution in [3.05, 3.63) is 82.4 Å². The molecule has 31 heavy (non-hydrogen) atoms. The number of hydrogen-bond acceptors (Lipinski definition) is 6. The Hall–Kier alpha value is -3.45. The van der Waals surface area contributed by atoms with Gasteiger partial charge in [0, 0.05) is 41.7 Å². The highest BCUT2D eigenvalue weighted by Crippen LogP contribution is 2.34. The van der Waals surface area contributed by atoms with Crippen LogP contribution < -0.4 is 10.2 Å². The number of rotatable bonds is 6. The number of nitrogens with zero attached hydrogens (tertiary/aromatic N) is 3. The lowest BCUT2D eigenvalue weighted by Crippen LogP contribution is -2.32. The van der Waals surface area contributed by atoms with E-state index >= 15 is 0 Å². The van der Waals surface area contributed by atoms with Gasteiger partial charge in [0.05, 0.1) is 12.1 Å². The van der Waals surface area contributed by atoms with E-state index in [2.05, 4.69) is 27.3 Å². The fourth-order valence-corrected chi connectivity index (χ4v) is 4.80. The van der Waals surface area contributed by atoms with Gasteiger partial charge in [0.25, 0.3) is 11.8 Å². The molecule has 7 heteroatoms. The van der Waals surface area contributed by atoms with Crippen molar-refractivity contribution in [2.24, 2.45) is 0 Å². The lowest BCUT2D eigenvalue weighted by atomic mass is 10.1. The zero-order valence-electron chi connectivity index (χ0n) is 17.0. The number of hydrogen-bond donors (Lipinski definition) is 1. The molecule has 0 atom stereocenters. The fraction of sp³-hybridized carbons (Fsp3) is 0.208. The van der Waals surface area contributed by atoms with Gasteiger partial charge in [-0.3, -0.25) is 19.5 Å². The first-order valence-corrected chi connectivity index (χ1v) is 11.2. The van der Waals surface area contributed by atoms with Crippen molar-refractivity contribution in [1.29, 1.82) is 0 Å². The maximum Gasteiger partial charge on any atom is 0.278 e. The Morgan fingerprint density at radius 3 is 2.45 bits per heavy atom. The average molecular weight is 431 g/mol. The van der Waals surface area contributed by atoms with Crippen LogP contribution in [0, 0.1) is 0 Å². The van der Waals surface area contributed by atoms with Crippen LogP contribution in [-0.2, 0) is 16.1 Å². The number of carbonyl (C=O) groups excluding carboxylic acids is 2. The second-order valence-electron chi connectivity index (χ2n) is 7.65. The first kappa shape index (κ1) is 19.5. The topological polar surface area (TPSA) is 65.5 Å². The Kier molecular flexibility index (Phi) is 5.26. The molecule has 1 fully saturated rings. The molecular weight excluding hydrogens is 408 g/mol. The fourth-order valence-electron chi connectivity index (χ4n) is 4.03. The van der Waals surface area contributed by atoms with Gasteiger partial charge in [0.15, 0.2) is 0 Å². The zero-order chi connectivity index (χ0) is 21.2. The Bertz CT molecular complexity index is 1120. The van der Waals surface area contributed by atoms with E-state index in [-0.39, 0.29) is 18.4 Å². The number of aromatic nitrogens is 1. The summed E-state index contributed by atoms with van der Waals surface area (Å²) in [7, 11) is 0. The molecule has 3 aromatic rings. The molecule has 2 aliphatic rings. The number of amides is 2. The van der Waals surface area contributed by atoms with Gasteiger partial charge in [0.1, 0.15) is 5.70 Å². The Morgan fingerprint density at radius 1 is 0.968 bits per heavy atom. The monoisotopic (exact) mass is 430 g/mol. The minimum Gasteiger partial charge on any atom is -0.372 e. The average Bonchev–Trinajstić information content (AvgIpc) is 3.55. The van der Waals surface area contributed by atoms with E-state index in [4.69, 9.17) is 0 Å². The third-order valence-corrected chi connectivity index (χ3v) is 6.49. The molecule has 0 unspecified atom stereocenters. The van der Waals surface area contributed by atoms with Crippen LogP contribution in [0.15, 0.2) is 72.0 Å². The molecule has 1 aromatic carbocycles. The van der Waals surface area contributed by atoms with Gasteiger partial charge >= 0.3 is 0 Å². The summed E-state index contributed by atoms with van der Waals surface area (Å²) in [5.74, 6) is -0.603. The van der Waals surface area contributed by atoms with E-state index in [1.165, 1.54) is 34.8 Å². The Morgan fingerprint density at radius 2 is 1.77 bits per heavy atom. The second-order valence-corrected chi connectivity index (χ2v) is 8.60. The van der Waals surface area contributed by atoms with Crippen LogP contribution in [0.1, 0.15) is 23.3 Å². The maximum absolute atomic E-state index is 13.3. The molecule has 6 nitrogen and oxygen atoms in total. The summed E-state index contributed by atoms with van der Waals surface area (Å²) in [6, 6.07) is 15.5. The van der Waals surface area contributed by atoms with Crippen LogP contribution in [0.25, 0.3) is 5.57 Å². The molecule has 1 saturated heterocycles. The SMILES string of the molecule is O=C1C(Nc2ccc(N3CCCC3)cc2)=C(c2cccs2)C(=O)N1Cc1cccnc1. The van der Waals surface area contributed by atoms with Gasteiger partial charge in [-0.05, 0) is 60.2 Å². The second kappa shape index (κ2) is 8.35. The molecule has 0 aliphatic carbocycles. The molecule has 1 N–H and O–H groups in total. The van der Waals surface area contributed by atoms with Crippen LogP contribution in [0.5, 0.6) is 0 Å². The minimum atomic E-state index is -0.319. The third-order valence-electron chi connectivity index (χ3n) is 5.61. The summed E-state index contributed by atoms with van der Waals surface area (Å²) in [6.07, 6.45) is 5.79.